The van der Waals surface area contributed by atoms with Crippen LogP contribution in [0.15, 0.2) is 51.4 Å². The molecule has 3 nitrogen and oxygen atoms in total. The van der Waals surface area contributed by atoms with Crippen LogP contribution in [-0.4, -0.2) is 4.98 Å². The molecule has 2 aromatic carbocycles. The molecular weight excluding hydrogens is 431 g/mol. The van der Waals surface area contributed by atoms with Gasteiger partial charge in [-0.1, -0.05) is 28.1 Å². The number of para-hydroxylation sites is 2. The first-order valence-electron chi connectivity index (χ1n) is 6.18. The van der Waals surface area contributed by atoms with Gasteiger partial charge in [-0.15, -0.1) is 0 Å². The van der Waals surface area contributed by atoms with Gasteiger partial charge in [0.05, 0.1) is 0 Å². The number of fused-ring (bicyclic) bond motifs is 1. The summed E-state index contributed by atoms with van der Waals surface area (Å²) in [7, 11) is 0. The lowest BCUT2D eigenvalue weighted by atomic mass is 10.1. The number of halogens is 2. The zero-order valence-electron chi connectivity index (χ0n) is 10.5. The minimum absolute atomic E-state index is 0.146. The summed E-state index contributed by atoms with van der Waals surface area (Å²) in [5.74, 6) is 0.671. The molecule has 1 heterocycles. The summed E-state index contributed by atoms with van der Waals surface area (Å²) in [5, 5.41) is 0. The smallest absolute Gasteiger partial charge is 0.197 e. The molecule has 3 aromatic rings. The molecule has 0 amide bonds. The molecule has 0 aliphatic carbocycles. The number of rotatable bonds is 3. The molecule has 1 atom stereocenters. The maximum atomic E-state index is 6.29. The topological polar surface area (TPSA) is 52.0 Å². The number of oxazole rings is 1. The Morgan fingerprint density at radius 1 is 1.25 bits per heavy atom. The van der Waals surface area contributed by atoms with Crippen LogP contribution in [0.5, 0.6) is 0 Å². The third kappa shape index (κ3) is 2.89. The molecular formula is C15H12BrIN2O. The van der Waals surface area contributed by atoms with Gasteiger partial charge in [0.15, 0.2) is 11.5 Å². The average Bonchev–Trinajstić information content (AvgIpc) is 2.83. The van der Waals surface area contributed by atoms with Crippen molar-refractivity contribution in [1.82, 2.24) is 4.98 Å². The van der Waals surface area contributed by atoms with Crippen LogP contribution in [0.3, 0.4) is 0 Å². The van der Waals surface area contributed by atoms with Gasteiger partial charge in [0.1, 0.15) is 5.52 Å². The standard InChI is InChI=1S/C15H12BrIN2O/c16-11-6-5-9(17)7-10(11)12(18)8-15-19-13-3-1-2-4-14(13)20-15/h1-7,12H,8,18H2. The molecule has 3 rings (SSSR count). The molecule has 1 aromatic heterocycles. The van der Waals surface area contributed by atoms with Gasteiger partial charge >= 0.3 is 0 Å². The lowest BCUT2D eigenvalue weighted by molar-refractivity contribution is 0.502. The fraction of sp³-hybridized carbons (Fsp3) is 0.133. The number of aromatic nitrogens is 1. The molecule has 0 radical (unpaired) electrons. The van der Waals surface area contributed by atoms with Crippen molar-refractivity contribution in [3.63, 3.8) is 0 Å². The molecule has 5 heteroatoms. The Hall–Kier alpha value is -0.920. The maximum absolute atomic E-state index is 6.29. The summed E-state index contributed by atoms with van der Waals surface area (Å²) < 4.78 is 7.90. The lowest BCUT2D eigenvalue weighted by Crippen LogP contribution is -2.14. The van der Waals surface area contributed by atoms with Crippen molar-refractivity contribution >= 4 is 49.6 Å². The molecule has 0 aliphatic rings. The van der Waals surface area contributed by atoms with E-state index in [4.69, 9.17) is 10.2 Å². The Morgan fingerprint density at radius 2 is 2.05 bits per heavy atom. The molecule has 102 valence electrons. The number of hydrogen-bond acceptors (Lipinski definition) is 3. The molecule has 0 aliphatic heterocycles. The van der Waals surface area contributed by atoms with Gasteiger partial charge in [0.25, 0.3) is 0 Å². The van der Waals surface area contributed by atoms with Crippen LogP contribution in [0.2, 0.25) is 0 Å². The Kier molecular flexibility index (Phi) is 4.09. The summed E-state index contributed by atoms with van der Waals surface area (Å²) in [5.41, 5.74) is 9.03. The fourth-order valence-corrected chi connectivity index (χ4v) is 3.16. The highest BCUT2D eigenvalue weighted by atomic mass is 127. The van der Waals surface area contributed by atoms with Crippen LogP contribution in [0, 0.1) is 3.57 Å². The van der Waals surface area contributed by atoms with Gasteiger partial charge in [-0.05, 0) is 58.5 Å². The van der Waals surface area contributed by atoms with E-state index < -0.39 is 0 Å². The van der Waals surface area contributed by atoms with Crippen molar-refractivity contribution in [2.24, 2.45) is 5.73 Å². The van der Waals surface area contributed by atoms with E-state index in [2.05, 4.69) is 49.6 Å². The van der Waals surface area contributed by atoms with Gasteiger partial charge < -0.3 is 10.2 Å². The first-order valence-corrected chi connectivity index (χ1v) is 8.05. The first-order chi connectivity index (χ1) is 9.63. The third-order valence-electron chi connectivity index (χ3n) is 3.09. The van der Waals surface area contributed by atoms with Crippen molar-refractivity contribution in [2.75, 3.05) is 0 Å². The predicted molar refractivity (Wildman–Crippen MR) is 91.5 cm³/mol. The number of nitrogens with zero attached hydrogens (tertiary/aromatic N) is 1. The van der Waals surface area contributed by atoms with Gasteiger partial charge in [0.2, 0.25) is 0 Å². The normalized spacial score (nSPS) is 12.8. The second-order valence-electron chi connectivity index (χ2n) is 4.55. The summed E-state index contributed by atoms with van der Waals surface area (Å²) in [6.45, 7) is 0. The minimum Gasteiger partial charge on any atom is -0.441 e. The molecule has 20 heavy (non-hydrogen) atoms. The Balaban J connectivity index is 1.88. The fourth-order valence-electron chi connectivity index (χ4n) is 2.10. The van der Waals surface area contributed by atoms with E-state index in [9.17, 15) is 0 Å². The van der Waals surface area contributed by atoms with Crippen LogP contribution >= 0.6 is 38.5 Å². The molecule has 0 bridgehead atoms. The van der Waals surface area contributed by atoms with E-state index in [0.717, 1.165) is 24.7 Å². The summed E-state index contributed by atoms with van der Waals surface area (Å²) in [6, 6.07) is 13.7. The van der Waals surface area contributed by atoms with Crippen molar-refractivity contribution in [2.45, 2.75) is 12.5 Å². The third-order valence-corrected chi connectivity index (χ3v) is 4.48. The van der Waals surface area contributed by atoms with Crippen LogP contribution in [0.25, 0.3) is 11.1 Å². The number of benzene rings is 2. The van der Waals surface area contributed by atoms with Crippen molar-refractivity contribution in [1.29, 1.82) is 0 Å². The second kappa shape index (κ2) is 5.83. The monoisotopic (exact) mass is 442 g/mol. The Bertz CT molecular complexity index is 723. The zero-order valence-corrected chi connectivity index (χ0v) is 14.3. The number of hydrogen-bond donors (Lipinski definition) is 1. The quantitative estimate of drug-likeness (QED) is 0.610. The highest BCUT2D eigenvalue weighted by Crippen LogP contribution is 2.27. The Morgan fingerprint density at radius 3 is 2.85 bits per heavy atom. The van der Waals surface area contributed by atoms with Crippen molar-refractivity contribution in [3.05, 3.63) is 62.0 Å². The molecule has 0 saturated carbocycles. The molecule has 0 fully saturated rings. The van der Waals surface area contributed by atoms with E-state index in [1.807, 2.05) is 36.4 Å². The van der Waals surface area contributed by atoms with Crippen LogP contribution in [-0.2, 0) is 6.42 Å². The van der Waals surface area contributed by atoms with E-state index >= 15 is 0 Å². The van der Waals surface area contributed by atoms with Gasteiger partial charge in [0, 0.05) is 20.5 Å². The summed E-state index contributed by atoms with van der Waals surface area (Å²) in [6.07, 6.45) is 0.577. The van der Waals surface area contributed by atoms with Gasteiger partial charge in [-0.2, -0.15) is 0 Å². The van der Waals surface area contributed by atoms with Crippen LogP contribution in [0.1, 0.15) is 17.5 Å². The lowest BCUT2D eigenvalue weighted by Gasteiger charge is -2.12. The Labute approximate surface area is 138 Å². The molecule has 0 saturated heterocycles. The van der Waals surface area contributed by atoms with Crippen LogP contribution in [0.4, 0.5) is 0 Å². The maximum Gasteiger partial charge on any atom is 0.197 e. The van der Waals surface area contributed by atoms with Crippen molar-refractivity contribution in [3.8, 4) is 0 Å². The van der Waals surface area contributed by atoms with Crippen molar-refractivity contribution < 1.29 is 4.42 Å². The van der Waals surface area contributed by atoms with Gasteiger partial charge in [-0.3, -0.25) is 0 Å². The molecule has 2 N–H and O–H groups in total. The van der Waals surface area contributed by atoms with Crippen LogP contribution < -0.4 is 5.73 Å². The SMILES string of the molecule is NC(Cc1nc2ccccc2o1)c1cc(I)ccc1Br. The van der Waals surface area contributed by atoms with Gasteiger partial charge in [-0.25, -0.2) is 4.98 Å². The van der Waals surface area contributed by atoms with E-state index in [-0.39, 0.29) is 6.04 Å². The largest absolute Gasteiger partial charge is 0.441 e. The van der Waals surface area contributed by atoms with E-state index in [1.54, 1.807) is 0 Å². The summed E-state index contributed by atoms with van der Waals surface area (Å²) in [4.78, 5) is 4.47. The first kappa shape index (κ1) is 14.0. The van der Waals surface area contributed by atoms with E-state index in [0.29, 0.717) is 12.3 Å². The molecule has 0 spiro atoms. The molecule has 1 unspecified atom stereocenters. The second-order valence-corrected chi connectivity index (χ2v) is 6.65. The van der Waals surface area contributed by atoms with E-state index in [1.165, 1.54) is 0 Å². The highest BCUT2D eigenvalue weighted by Gasteiger charge is 2.15. The highest BCUT2D eigenvalue weighted by molar-refractivity contribution is 14.1. The average molecular weight is 443 g/mol. The zero-order chi connectivity index (χ0) is 14.1. The number of nitrogens with two attached hydrogens (primary N) is 1. The predicted octanol–water partition coefficient (Wildman–Crippen LogP) is 4.44. The minimum atomic E-state index is -0.146. The summed E-state index contributed by atoms with van der Waals surface area (Å²) >= 11 is 5.83.